The summed E-state index contributed by atoms with van der Waals surface area (Å²) in [4.78, 5) is 11.7. The van der Waals surface area contributed by atoms with Gasteiger partial charge >= 0.3 is 0 Å². The van der Waals surface area contributed by atoms with Gasteiger partial charge in [0.2, 0.25) is 5.91 Å². The van der Waals surface area contributed by atoms with E-state index in [1.807, 2.05) is 25.1 Å². The molecular weight excluding hydrogens is 283 g/mol. The van der Waals surface area contributed by atoms with Gasteiger partial charge in [-0.3, -0.25) is 4.79 Å². The van der Waals surface area contributed by atoms with Crippen molar-refractivity contribution < 1.29 is 4.79 Å². The van der Waals surface area contributed by atoms with Crippen LogP contribution >= 0.6 is 24.0 Å². The molecule has 1 rings (SSSR count). The van der Waals surface area contributed by atoms with E-state index in [9.17, 15) is 4.79 Å². The first-order valence-corrected chi connectivity index (χ1v) is 6.64. The minimum Gasteiger partial charge on any atom is -0.326 e. The number of nitrogens with one attached hydrogen (secondary N) is 2. The topological polar surface area (TPSA) is 41.1 Å². The van der Waals surface area contributed by atoms with Crippen LogP contribution in [0.4, 0.5) is 5.69 Å². The number of carbonyl (C=O) groups is 1. The van der Waals surface area contributed by atoms with Crippen LogP contribution in [0.5, 0.6) is 0 Å². The first-order chi connectivity index (χ1) is 8.50. The molecule has 1 aromatic rings. The summed E-state index contributed by atoms with van der Waals surface area (Å²) in [6.45, 7) is 7.81. The van der Waals surface area contributed by atoms with Crippen molar-refractivity contribution in [3.8, 4) is 0 Å². The van der Waals surface area contributed by atoms with Gasteiger partial charge in [-0.05, 0) is 37.1 Å². The highest BCUT2D eigenvalue weighted by Crippen LogP contribution is 2.22. The number of hydrogen-bond acceptors (Lipinski definition) is 2. The number of rotatable bonds is 6. The predicted molar refractivity (Wildman–Crippen MR) is 84.4 cm³/mol. The number of halogens is 2. The summed E-state index contributed by atoms with van der Waals surface area (Å²) in [7, 11) is 0. The molecular formula is C14H22Cl2N2O. The Morgan fingerprint density at radius 3 is 2.68 bits per heavy atom. The van der Waals surface area contributed by atoms with Gasteiger partial charge in [-0.2, -0.15) is 0 Å². The third-order valence-electron chi connectivity index (χ3n) is 2.62. The second kappa shape index (κ2) is 9.18. The van der Waals surface area contributed by atoms with Gasteiger partial charge in [0.25, 0.3) is 0 Å². The lowest BCUT2D eigenvalue weighted by atomic mass is 10.2. The van der Waals surface area contributed by atoms with E-state index in [0.717, 1.165) is 17.8 Å². The highest BCUT2D eigenvalue weighted by molar-refractivity contribution is 6.31. The second-order valence-corrected chi connectivity index (χ2v) is 5.22. The molecule has 0 spiro atoms. The van der Waals surface area contributed by atoms with E-state index in [0.29, 0.717) is 23.9 Å². The molecule has 5 heteroatoms. The minimum absolute atomic E-state index is 0. The van der Waals surface area contributed by atoms with E-state index in [4.69, 9.17) is 11.6 Å². The van der Waals surface area contributed by atoms with Crippen molar-refractivity contribution in [2.24, 2.45) is 5.92 Å². The fourth-order valence-corrected chi connectivity index (χ4v) is 1.72. The van der Waals surface area contributed by atoms with E-state index in [1.54, 1.807) is 0 Å². The Balaban J connectivity index is 0.00000324. The average molecular weight is 305 g/mol. The fraction of sp³-hybridized carbons (Fsp3) is 0.500. The van der Waals surface area contributed by atoms with Gasteiger partial charge in [0.1, 0.15) is 0 Å². The van der Waals surface area contributed by atoms with Crippen molar-refractivity contribution in [3.63, 3.8) is 0 Å². The Labute approximate surface area is 126 Å². The Morgan fingerprint density at radius 1 is 1.37 bits per heavy atom. The zero-order chi connectivity index (χ0) is 13.5. The SMILES string of the molecule is Cc1c(Cl)cccc1NC(=O)CCNCC(C)C.Cl. The number of hydrogen-bond donors (Lipinski definition) is 2. The van der Waals surface area contributed by atoms with Crippen LogP contribution in [-0.4, -0.2) is 19.0 Å². The first kappa shape index (κ1) is 18.2. The normalized spacial score (nSPS) is 10.2. The van der Waals surface area contributed by atoms with E-state index in [2.05, 4.69) is 24.5 Å². The summed E-state index contributed by atoms with van der Waals surface area (Å²) >= 11 is 6.00. The van der Waals surface area contributed by atoms with E-state index in [-0.39, 0.29) is 18.3 Å². The number of anilines is 1. The van der Waals surface area contributed by atoms with Gasteiger partial charge in [-0.15, -0.1) is 12.4 Å². The zero-order valence-electron chi connectivity index (χ0n) is 11.6. The number of amides is 1. The third kappa shape index (κ3) is 6.81. The quantitative estimate of drug-likeness (QED) is 0.788. The van der Waals surface area contributed by atoms with Gasteiger partial charge in [0.05, 0.1) is 0 Å². The predicted octanol–water partition coefficient (Wildman–Crippen LogP) is 3.64. The Morgan fingerprint density at radius 2 is 2.05 bits per heavy atom. The largest absolute Gasteiger partial charge is 0.326 e. The Kier molecular flexibility index (Phi) is 8.81. The maximum atomic E-state index is 11.7. The van der Waals surface area contributed by atoms with Gasteiger partial charge in [0, 0.05) is 23.7 Å². The zero-order valence-corrected chi connectivity index (χ0v) is 13.2. The van der Waals surface area contributed by atoms with Crippen molar-refractivity contribution in [1.29, 1.82) is 0 Å². The number of carbonyl (C=O) groups excluding carboxylic acids is 1. The molecule has 0 atom stereocenters. The molecule has 0 aliphatic carbocycles. The van der Waals surface area contributed by atoms with E-state index < -0.39 is 0 Å². The van der Waals surface area contributed by atoms with Crippen LogP contribution in [0.25, 0.3) is 0 Å². The van der Waals surface area contributed by atoms with Crippen LogP contribution < -0.4 is 10.6 Å². The molecule has 3 nitrogen and oxygen atoms in total. The number of benzene rings is 1. The lowest BCUT2D eigenvalue weighted by Crippen LogP contribution is -2.25. The van der Waals surface area contributed by atoms with Crippen LogP contribution in [0.3, 0.4) is 0 Å². The second-order valence-electron chi connectivity index (χ2n) is 4.81. The van der Waals surface area contributed by atoms with Crippen LogP contribution in [0, 0.1) is 12.8 Å². The van der Waals surface area contributed by atoms with Crippen molar-refractivity contribution in [3.05, 3.63) is 28.8 Å². The van der Waals surface area contributed by atoms with E-state index >= 15 is 0 Å². The van der Waals surface area contributed by atoms with Gasteiger partial charge in [-0.1, -0.05) is 31.5 Å². The molecule has 0 aromatic heterocycles. The van der Waals surface area contributed by atoms with Crippen LogP contribution in [0.2, 0.25) is 5.02 Å². The molecule has 0 bridgehead atoms. The molecule has 0 heterocycles. The Bertz CT molecular complexity index is 408. The maximum absolute atomic E-state index is 11.7. The van der Waals surface area contributed by atoms with Crippen molar-refractivity contribution in [2.75, 3.05) is 18.4 Å². The first-order valence-electron chi connectivity index (χ1n) is 6.26. The fourth-order valence-electron chi connectivity index (χ4n) is 1.55. The molecule has 0 fully saturated rings. The Hall–Kier alpha value is -0.770. The smallest absolute Gasteiger partial charge is 0.225 e. The molecule has 19 heavy (non-hydrogen) atoms. The van der Waals surface area contributed by atoms with Crippen LogP contribution in [0.1, 0.15) is 25.8 Å². The maximum Gasteiger partial charge on any atom is 0.225 e. The summed E-state index contributed by atoms with van der Waals surface area (Å²) in [5, 5.41) is 6.79. The van der Waals surface area contributed by atoms with Crippen molar-refractivity contribution in [1.82, 2.24) is 5.32 Å². The van der Waals surface area contributed by atoms with Crippen molar-refractivity contribution in [2.45, 2.75) is 27.2 Å². The summed E-state index contributed by atoms with van der Waals surface area (Å²) < 4.78 is 0. The molecule has 2 N–H and O–H groups in total. The standard InChI is InChI=1S/C14H21ClN2O.ClH/c1-10(2)9-16-8-7-14(18)17-13-6-4-5-12(15)11(13)3;/h4-6,10,16H,7-9H2,1-3H3,(H,17,18);1H. The molecule has 1 aromatic carbocycles. The summed E-state index contributed by atoms with van der Waals surface area (Å²) in [6, 6.07) is 5.51. The van der Waals surface area contributed by atoms with Crippen LogP contribution in [0.15, 0.2) is 18.2 Å². The van der Waals surface area contributed by atoms with E-state index in [1.165, 1.54) is 0 Å². The van der Waals surface area contributed by atoms with Gasteiger partial charge in [-0.25, -0.2) is 0 Å². The highest BCUT2D eigenvalue weighted by Gasteiger charge is 2.06. The minimum atomic E-state index is 0. The average Bonchev–Trinajstić information content (AvgIpc) is 2.30. The molecule has 0 radical (unpaired) electrons. The molecule has 0 aliphatic rings. The summed E-state index contributed by atoms with van der Waals surface area (Å²) in [5.41, 5.74) is 1.69. The van der Waals surface area contributed by atoms with Gasteiger partial charge < -0.3 is 10.6 Å². The third-order valence-corrected chi connectivity index (χ3v) is 3.03. The van der Waals surface area contributed by atoms with Crippen molar-refractivity contribution >= 4 is 35.6 Å². The molecule has 0 saturated heterocycles. The van der Waals surface area contributed by atoms with Gasteiger partial charge in [0.15, 0.2) is 0 Å². The summed E-state index contributed by atoms with van der Waals surface area (Å²) in [5.74, 6) is 0.611. The lowest BCUT2D eigenvalue weighted by molar-refractivity contribution is -0.116. The molecule has 0 saturated carbocycles. The lowest BCUT2D eigenvalue weighted by Gasteiger charge is -2.10. The van der Waals surface area contributed by atoms with Crippen LogP contribution in [-0.2, 0) is 4.79 Å². The monoisotopic (exact) mass is 304 g/mol. The highest BCUT2D eigenvalue weighted by atomic mass is 35.5. The summed E-state index contributed by atoms with van der Waals surface area (Å²) in [6.07, 6.45) is 0.471. The molecule has 0 unspecified atom stereocenters. The molecule has 0 aliphatic heterocycles. The molecule has 1 amide bonds. The molecule has 108 valence electrons.